The maximum atomic E-state index is 12.7. The van der Waals surface area contributed by atoms with Crippen molar-refractivity contribution in [2.75, 3.05) is 19.1 Å². The zero-order valence-electron chi connectivity index (χ0n) is 12.6. The Labute approximate surface area is 120 Å². The van der Waals surface area contributed by atoms with Crippen molar-refractivity contribution in [3.05, 3.63) is 24.3 Å². The molecule has 1 aromatic carbocycles. The van der Waals surface area contributed by atoms with E-state index in [2.05, 4.69) is 6.92 Å². The lowest BCUT2D eigenvalue weighted by Gasteiger charge is -2.38. The molecule has 0 saturated heterocycles. The Morgan fingerprint density at radius 2 is 2.25 bits per heavy atom. The van der Waals surface area contributed by atoms with Crippen LogP contribution in [0.2, 0.25) is 0 Å². The average Bonchev–Trinajstić information content (AvgIpc) is 2.45. The summed E-state index contributed by atoms with van der Waals surface area (Å²) in [6.07, 6.45) is 3.72. The minimum Gasteiger partial charge on any atom is -0.497 e. The van der Waals surface area contributed by atoms with Crippen LogP contribution in [0.1, 0.15) is 32.6 Å². The van der Waals surface area contributed by atoms with Crippen LogP contribution in [0.4, 0.5) is 5.69 Å². The van der Waals surface area contributed by atoms with Crippen molar-refractivity contribution < 1.29 is 9.53 Å². The molecule has 0 aromatic heterocycles. The molecule has 20 heavy (non-hydrogen) atoms. The number of hydrogen-bond acceptors (Lipinski definition) is 3. The second-order valence-corrected chi connectivity index (χ2v) is 5.92. The topological polar surface area (TPSA) is 55.6 Å². The number of anilines is 1. The monoisotopic (exact) mass is 276 g/mol. The molecular formula is C16H24N2O2. The molecule has 1 aliphatic carbocycles. The molecule has 1 aromatic rings. The average molecular weight is 276 g/mol. The van der Waals surface area contributed by atoms with Gasteiger partial charge in [-0.3, -0.25) is 4.79 Å². The summed E-state index contributed by atoms with van der Waals surface area (Å²) in [4.78, 5) is 14.4. The van der Waals surface area contributed by atoms with E-state index in [1.54, 1.807) is 19.1 Å². The maximum Gasteiger partial charge on any atom is 0.246 e. The van der Waals surface area contributed by atoms with Crippen LogP contribution >= 0.6 is 0 Å². The summed E-state index contributed by atoms with van der Waals surface area (Å²) < 4.78 is 5.20. The van der Waals surface area contributed by atoms with Crippen molar-refractivity contribution in [1.82, 2.24) is 0 Å². The van der Waals surface area contributed by atoms with Gasteiger partial charge in [-0.1, -0.05) is 25.8 Å². The lowest BCUT2D eigenvalue weighted by atomic mass is 9.76. The molecule has 0 bridgehead atoms. The SMILES string of the molecule is COc1cccc(N(C)C(=O)C2(N)CCCC(C)C2)c1. The Morgan fingerprint density at radius 3 is 2.90 bits per heavy atom. The second kappa shape index (κ2) is 5.83. The van der Waals surface area contributed by atoms with Gasteiger partial charge in [0.25, 0.3) is 0 Å². The fourth-order valence-electron chi connectivity index (χ4n) is 3.06. The Balaban J connectivity index is 2.19. The Bertz CT molecular complexity index is 489. The first-order valence-electron chi connectivity index (χ1n) is 7.17. The molecule has 1 saturated carbocycles. The number of likely N-dealkylation sites (N-methyl/N-ethyl adjacent to an activating group) is 1. The fraction of sp³-hybridized carbons (Fsp3) is 0.562. The van der Waals surface area contributed by atoms with E-state index < -0.39 is 5.54 Å². The summed E-state index contributed by atoms with van der Waals surface area (Å²) in [7, 11) is 3.40. The van der Waals surface area contributed by atoms with Crippen LogP contribution < -0.4 is 15.4 Å². The molecule has 1 amide bonds. The van der Waals surface area contributed by atoms with Crippen LogP contribution in [-0.4, -0.2) is 25.6 Å². The van der Waals surface area contributed by atoms with Gasteiger partial charge in [0.1, 0.15) is 5.75 Å². The Kier molecular flexibility index (Phi) is 4.33. The van der Waals surface area contributed by atoms with E-state index in [1.807, 2.05) is 24.3 Å². The van der Waals surface area contributed by atoms with Gasteiger partial charge in [-0.15, -0.1) is 0 Å². The van der Waals surface area contributed by atoms with Gasteiger partial charge in [0.05, 0.1) is 12.6 Å². The first kappa shape index (κ1) is 14.9. The van der Waals surface area contributed by atoms with Crippen molar-refractivity contribution >= 4 is 11.6 Å². The van der Waals surface area contributed by atoms with Crippen LogP contribution in [-0.2, 0) is 4.79 Å². The molecular weight excluding hydrogens is 252 g/mol. The second-order valence-electron chi connectivity index (χ2n) is 5.92. The van der Waals surface area contributed by atoms with E-state index in [9.17, 15) is 4.79 Å². The third-order valence-electron chi connectivity index (χ3n) is 4.20. The standard InChI is InChI=1S/C16H24N2O2/c1-12-6-5-9-16(17,11-12)15(19)18(2)13-7-4-8-14(10-13)20-3/h4,7-8,10,12H,5-6,9,11,17H2,1-3H3. The van der Waals surface area contributed by atoms with Gasteiger partial charge < -0.3 is 15.4 Å². The summed E-state index contributed by atoms with van der Waals surface area (Å²) in [5.74, 6) is 1.25. The van der Waals surface area contributed by atoms with Crippen molar-refractivity contribution in [2.45, 2.75) is 38.1 Å². The number of benzene rings is 1. The number of carbonyl (C=O) groups is 1. The Hall–Kier alpha value is -1.55. The third kappa shape index (κ3) is 2.96. The van der Waals surface area contributed by atoms with Gasteiger partial charge >= 0.3 is 0 Å². The van der Waals surface area contributed by atoms with Crippen LogP contribution in [0.5, 0.6) is 5.75 Å². The van der Waals surface area contributed by atoms with Gasteiger partial charge in [0, 0.05) is 18.8 Å². The molecule has 1 aliphatic rings. The minimum absolute atomic E-state index is 0.00250. The van der Waals surface area contributed by atoms with Crippen molar-refractivity contribution in [3.8, 4) is 5.75 Å². The molecule has 4 nitrogen and oxygen atoms in total. The van der Waals surface area contributed by atoms with Crippen LogP contribution in [0, 0.1) is 5.92 Å². The molecule has 0 aliphatic heterocycles. The first-order valence-corrected chi connectivity index (χ1v) is 7.17. The van der Waals surface area contributed by atoms with E-state index >= 15 is 0 Å². The third-order valence-corrected chi connectivity index (χ3v) is 4.20. The summed E-state index contributed by atoms with van der Waals surface area (Å²) in [6.45, 7) is 2.17. The zero-order valence-corrected chi connectivity index (χ0v) is 12.6. The van der Waals surface area contributed by atoms with Gasteiger partial charge in [-0.05, 0) is 30.9 Å². The van der Waals surface area contributed by atoms with Gasteiger partial charge in [0.2, 0.25) is 5.91 Å². The molecule has 1 fully saturated rings. The van der Waals surface area contributed by atoms with Crippen LogP contribution in [0.25, 0.3) is 0 Å². The van der Waals surface area contributed by atoms with E-state index in [0.29, 0.717) is 5.92 Å². The summed E-state index contributed by atoms with van der Waals surface area (Å²) in [5.41, 5.74) is 6.47. The molecule has 2 rings (SSSR count). The molecule has 2 atom stereocenters. The number of carbonyl (C=O) groups excluding carboxylic acids is 1. The van der Waals surface area contributed by atoms with E-state index in [4.69, 9.17) is 10.5 Å². The minimum atomic E-state index is -0.727. The highest BCUT2D eigenvalue weighted by Gasteiger charge is 2.40. The molecule has 110 valence electrons. The number of ether oxygens (including phenoxy) is 1. The van der Waals surface area contributed by atoms with E-state index in [1.165, 1.54) is 0 Å². The van der Waals surface area contributed by atoms with E-state index in [-0.39, 0.29) is 5.91 Å². The molecule has 0 radical (unpaired) electrons. The van der Waals surface area contributed by atoms with Crippen molar-refractivity contribution in [2.24, 2.45) is 11.7 Å². The van der Waals surface area contributed by atoms with Crippen molar-refractivity contribution in [1.29, 1.82) is 0 Å². The number of methoxy groups -OCH3 is 1. The van der Waals surface area contributed by atoms with Crippen molar-refractivity contribution in [3.63, 3.8) is 0 Å². The summed E-state index contributed by atoms with van der Waals surface area (Å²) in [6, 6.07) is 7.50. The lowest BCUT2D eigenvalue weighted by Crippen LogP contribution is -2.56. The Morgan fingerprint density at radius 1 is 1.50 bits per heavy atom. The smallest absolute Gasteiger partial charge is 0.246 e. The molecule has 0 heterocycles. The number of hydrogen-bond donors (Lipinski definition) is 1. The van der Waals surface area contributed by atoms with Crippen LogP contribution in [0.15, 0.2) is 24.3 Å². The van der Waals surface area contributed by atoms with Crippen LogP contribution in [0.3, 0.4) is 0 Å². The summed E-state index contributed by atoms with van der Waals surface area (Å²) >= 11 is 0. The number of nitrogens with two attached hydrogens (primary N) is 1. The zero-order chi connectivity index (χ0) is 14.8. The quantitative estimate of drug-likeness (QED) is 0.923. The number of amides is 1. The first-order chi connectivity index (χ1) is 9.46. The van der Waals surface area contributed by atoms with Gasteiger partial charge in [-0.25, -0.2) is 0 Å². The molecule has 2 N–H and O–H groups in total. The van der Waals surface area contributed by atoms with Gasteiger partial charge in [-0.2, -0.15) is 0 Å². The normalized spacial score (nSPS) is 26.1. The fourth-order valence-corrected chi connectivity index (χ4v) is 3.06. The highest BCUT2D eigenvalue weighted by Crippen LogP contribution is 2.33. The van der Waals surface area contributed by atoms with Gasteiger partial charge in [0.15, 0.2) is 0 Å². The highest BCUT2D eigenvalue weighted by molar-refractivity contribution is 5.99. The maximum absolute atomic E-state index is 12.7. The highest BCUT2D eigenvalue weighted by atomic mass is 16.5. The number of nitrogens with zero attached hydrogens (tertiary/aromatic N) is 1. The predicted molar refractivity (Wildman–Crippen MR) is 81.0 cm³/mol. The largest absolute Gasteiger partial charge is 0.497 e. The molecule has 0 spiro atoms. The lowest BCUT2D eigenvalue weighted by molar-refractivity contribution is -0.125. The van der Waals surface area contributed by atoms with E-state index in [0.717, 1.165) is 37.1 Å². The predicted octanol–water partition coefficient (Wildman–Crippen LogP) is 2.57. The molecule has 2 unspecified atom stereocenters. The summed E-state index contributed by atoms with van der Waals surface area (Å²) in [5, 5.41) is 0. The molecule has 4 heteroatoms. The number of rotatable bonds is 3.